The molecule has 22 heavy (non-hydrogen) atoms. The number of allylic oxidation sites excluding steroid dienone is 9. The highest BCUT2D eigenvalue weighted by atomic mass is 14.4. The second-order valence-corrected chi connectivity index (χ2v) is 6.84. The molecule has 0 spiro atoms. The van der Waals surface area contributed by atoms with Gasteiger partial charge in [0.15, 0.2) is 0 Å². The first-order valence-electron chi connectivity index (χ1n) is 8.25. The third-order valence-corrected chi connectivity index (χ3v) is 5.43. The summed E-state index contributed by atoms with van der Waals surface area (Å²) in [6.07, 6.45) is 21.7. The Morgan fingerprint density at radius 3 is 2.64 bits per heavy atom. The molecule has 2 unspecified atom stereocenters. The van der Waals surface area contributed by atoms with Crippen molar-refractivity contribution in [3.63, 3.8) is 0 Å². The molecule has 1 aromatic carbocycles. The van der Waals surface area contributed by atoms with E-state index in [-0.39, 0.29) is 5.41 Å². The van der Waals surface area contributed by atoms with Gasteiger partial charge >= 0.3 is 0 Å². The lowest BCUT2D eigenvalue weighted by molar-refractivity contribution is 0.347. The quantitative estimate of drug-likeness (QED) is 0.640. The van der Waals surface area contributed by atoms with Crippen molar-refractivity contribution in [2.24, 2.45) is 5.41 Å². The summed E-state index contributed by atoms with van der Waals surface area (Å²) in [4.78, 5) is 0. The van der Waals surface area contributed by atoms with Crippen LogP contribution in [-0.2, 0) is 0 Å². The van der Waals surface area contributed by atoms with Crippen molar-refractivity contribution in [3.05, 3.63) is 89.1 Å². The van der Waals surface area contributed by atoms with Gasteiger partial charge in [-0.3, -0.25) is 0 Å². The molecular weight excluding hydrogens is 264 g/mol. The van der Waals surface area contributed by atoms with E-state index in [0.717, 1.165) is 19.3 Å². The third kappa shape index (κ3) is 2.14. The molecule has 0 radical (unpaired) electrons. The van der Waals surface area contributed by atoms with E-state index in [9.17, 15) is 0 Å². The molecule has 0 heteroatoms. The molecule has 0 saturated carbocycles. The number of hydrogen-bond acceptors (Lipinski definition) is 0. The fourth-order valence-corrected chi connectivity index (χ4v) is 4.19. The molecule has 4 rings (SSSR count). The first-order valence-corrected chi connectivity index (χ1v) is 8.25. The van der Waals surface area contributed by atoms with Crippen LogP contribution in [0.5, 0.6) is 0 Å². The van der Waals surface area contributed by atoms with Crippen molar-refractivity contribution in [1.82, 2.24) is 0 Å². The second kappa shape index (κ2) is 5.28. The maximum atomic E-state index is 2.46. The zero-order valence-electron chi connectivity index (χ0n) is 13.1. The summed E-state index contributed by atoms with van der Waals surface area (Å²) in [5, 5.41) is 0. The Balaban J connectivity index is 1.73. The molecule has 0 saturated heterocycles. The zero-order chi connectivity index (χ0) is 15.0. The van der Waals surface area contributed by atoms with Gasteiger partial charge in [-0.05, 0) is 30.4 Å². The monoisotopic (exact) mass is 286 g/mol. The van der Waals surface area contributed by atoms with Crippen molar-refractivity contribution in [2.45, 2.75) is 32.1 Å². The topological polar surface area (TPSA) is 0 Å². The van der Waals surface area contributed by atoms with Crippen LogP contribution in [0.4, 0.5) is 0 Å². The van der Waals surface area contributed by atoms with E-state index in [1.807, 2.05) is 0 Å². The maximum absolute atomic E-state index is 2.46. The van der Waals surface area contributed by atoms with Crippen molar-refractivity contribution < 1.29 is 0 Å². The molecule has 0 heterocycles. The fourth-order valence-electron chi connectivity index (χ4n) is 4.19. The van der Waals surface area contributed by atoms with Gasteiger partial charge in [0.05, 0.1) is 0 Å². The van der Waals surface area contributed by atoms with Crippen LogP contribution in [-0.4, -0.2) is 0 Å². The number of rotatable bonds is 4. The summed E-state index contributed by atoms with van der Waals surface area (Å²) in [6.45, 7) is 2.46. The van der Waals surface area contributed by atoms with E-state index in [2.05, 4.69) is 79.8 Å². The molecule has 0 aromatic heterocycles. The molecule has 3 aliphatic carbocycles. The minimum atomic E-state index is 0.171. The second-order valence-electron chi connectivity index (χ2n) is 6.84. The summed E-state index contributed by atoms with van der Waals surface area (Å²) in [5.41, 5.74) is 6.19. The normalized spacial score (nSPS) is 24.3. The van der Waals surface area contributed by atoms with E-state index in [1.165, 1.54) is 11.1 Å². The van der Waals surface area contributed by atoms with Crippen LogP contribution in [0.2, 0.25) is 0 Å². The molecule has 1 aromatic rings. The summed E-state index contributed by atoms with van der Waals surface area (Å²) < 4.78 is 0. The van der Waals surface area contributed by atoms with Gasteiger partial charge in [-0.25, -0.2) is 0 Å². The lowest BCUT2D eigenvalue weighted by atomic mass is 9.65. The average molecular weight is 286 g/mol. The maximum Gasteiger partial charge on any atom is 0.0122 e. The van der Waals surface area contributed by atoms with Crippen molar-refractivity contribution in [2.75, 3.05) is 0 Å². The minimum Gasteiger partial charge on any atom is -0.0805 e. The smallest absolute Gasteiger partial charge is 0.0122 e. The molecule has 3 aliphatic rings. The Kier molecular flexibility index (Phi) is 3.26. The van der Waals surface area contributed by atoms with E-state index in [0.29, 0.717) is 5.92 Å². The Labute approximate surface area is 133 Å². The van der Waals surface area contributed by atoms with Gasteiger partial charge in [-0.2, -0.15) is 0 Å². The highest BCUT2D eigenvalue weighted by molar-refractivity contribution is 5.64. The van der Waals surface area contributed by atoms with Crippen molar-refractivity contribution in [3.8, 4) is 0 Å². The Bertz CT molecular complexity index is 739. The van der Waals surface area contributed by atoms with Crippen molar-refractivity contribution >= 4 is 6.08 Å². The number of fused-ring (bicyclic) bond motifs is 1. The van der Waals surface area contributed by atoms with Crippen molar-refractivity contribution in [1.29, 1.82) is 0 Å². The van der Waals surface area contributed by atoms with Crippen LogP contribution < -0.4 is 0 Å². The fraction of sp³-hybridized carbons (Fsp3) is 0.273. The zero-order valence-corrected chi connectivity index (χ0v) is 13.1. The largest absolute Gasteiger partial charge is 0.0805 e. The van der Waals surface area contributed by atoms with E-state index in [1.54, 1.807) is 11.1 Å². The van der Waals surface area contributed by atoms with Gasteiger partial charge in [-0.1, -0.05) is 90.9 Å². The summed E-state index contributed by atoms with van der Waals surface area (Å²) in [5.74, 6) is 0.483. The summed E-state index contributed by atoms with van der Waals surface area (Å²) in [6, 6.07) is 8.87. The number of benzene rings is 1. The van der Waals surface area contributed by atoms with Crippen LogP contribution in [0.25, 0.3) is 6.08 Å². The predicted octanol–water partition coefficient (Wildman–Crippen LogP) is 5.97. The summed E-state index contributed by atoms with van der Waals surface area (Å²) in [7, 11) is 0. The molecule has 0 bridgehead atoms. The van der Waals surface area contributed by atoms with Gasteiger partial charge in [0.2, 0.25) is 0 Å². The molecular formula is C22H22. The van der Waals surface area contributed by atoms with Crippen LogP contribution >= 0.6 is 0 Å². The SMILES string of the molecule is CC(CC1=CC=CC1)(C1=CC=CC1)C1C=Cc2ccccc21. The highest BCUT2D eigenvalue weighted by Gasteiger charge is 2.40. The Morgan fingerprint density at radius 2 is 1.86 bits per heavy atom. The Hall–Kier alpha value is -2.08. The van der Waals surface area contributed by atoms with E-state index < -0.39 is 0 Å². The molecule has 2 atom stereocenters. The van der Waals surface area contributed by atoms with Crippen LogP contribution in [0.3, 0.4) is 0 Å². The lowest BCUT2D eigenvalue weighted by Gasteiger charge is -2.38. The highest BCUT2D eigenvalue weighted by Crippen LogP contribution is 2.53. The first kappa shape index (κ1) is 13.6. The third-order valence-electron chi connectivity index (χ3n) is 5.43. The number of hydrogen-bond donors (Lipinski definition) is 0. The van der Waals surface area contributed by atoms with Gasteiger partial charge < -0.3 is 0 Å². The summed E-state index contributed by atoms with van der Waals surface area (Å²) >= 11 is 0. The lowest BCUT2D eigenvalue weighted by Crippen LogP contribution is -2.26. The first-order chi connectivity index (χ1) is 10.8. The van der Waals surface area contributed by atoms with Crippen LogP contribution in [0, 0.1) is 5.41 Å². The van der Waals surface area contributed by atoms with Gasteiger partial charge in [0.1, 0.15) is 0 Å². The average Bonchev–Trinajstić information content (AvgIpc) is 3.28. The van der Waals surface area contributed by atoms with Crippen LogP contribution in [0.1, 0.15) is 43.2 Å². The molecule has 110 valence electrons. The predicted molar refractivity (Wildman–Crippen MR) is 94.6 cm³/mol. The molecule has 0 fully saturated rings. The Morgan fingerprint density at radius 1 is 1.05 bits per heavy atom. The van der Waals surface area contributed by atoms with Gasteiger partial charge in [-0.15, -0.1) is 0 Å². The standard InChI is InChI=1S/C22H22/c1-22(19-11-5-6-12-19,16-17-8-2-3-9-17)21-15-14-18-10-4-7-13-20(18)21/h2-8,10-11,13-15,21H,9,12,16H2,1H3. The van der Waals surface area contributed by atoms with Gasteiger partial charge in [0.25, 0.3) is 0 Å². The molecule has 0 nitrogen and oxygen atoms in total. The van der Waals surface area contributed by atoms with E-state index >= 15 is 0 Å². The molecule has 0 aliphatic heterocycles. The van der Waals surface area contributed by atoms with Gasteiger partial charge in [0, 0.05) is 11.3 Å². The minimum absolute atomic E-state index is 0.171. The molecule has 0 N–H and O–H groups in total. The van der Waals surface area contributed by atoms with E-state index in [4.69, 9.17) is 0 Å². The van der Waals surface area contributed by atoms with Crippen LogP contribution in [0.15, 0.2) is 77.9 Å². The molecule has 0 amide bonds.